The summed E-state index contributed by atoms with van der Waals surface area (Å²) in [6, 6.07) is 9.12. The highest BCUT2D eigenvalue weighted by atomic mass is 15.1. The van der Waals surface area contributed by atoms with Crippen LogP contribution in [0, 0.1) is 5.92 Å². The number of nitrogens with zero attached hydrogens (tertiary/aromatic N) is 3. The minimum Gasteiger partial charge on any atom is -0.383 e. The molecular formula is C28H28N4. The molecule has 4 heteroatoms. The van der Waals surface area contributed by atoms with E-state index < -0.39 is 0 Å². The Hall–Kier alpha value is -3.79. The highest BCUT2D eigenvalue weighted by Crippen LogP contribution is 2.44. The molecule has 4 nitrogen and oxygen atoms in total. The quantitative estimate of drug-likeness (QED) is 0.463. The molecule has 0 radical (unpaired) electrons. The highest BCUT2D eigenvalue weighted by molar-refractivity contribution is 6.03. The van der Waals surface area contributed by atoms with Gasteiger partial charge < -0.3 is 15.2 Å². The topological polar surface area (TPSA) is 47.1 Å². The Kier molecular flexibility index (Phi) is 4.86. The Morgan fingerprint density at radius 1 is 1.19 bits per heavy atom. The summed E-state index contributed by atoms with van der Waals surface area (Å²) in [5.41, 5.74) is 13.8. The molecule has 0 saturated heterocycles. The number of benzene rings is 1. The van der Waals surface area contributed by atoms with Crippen molar-refractivity contribution in [3.8, 4) is 11.1 Å². The molecule has 3 heterocycles. The van der Waals surface area contributed by atoms with E-state index in [2.05, 4.69) is 72.7 Å². The second-order valence-corrected chi connectivity index (χ2v) is 8.74. The third-order valence-electron chi connectivity index (χ3n) is 6.66. The van der Waals surface area contributed by atoms with Crippen molar-refractivity contribution < 1.29 is 0 Å². The molecule has 0 spiro atoms. The molecule has 0 amide bonds. The van der Waals surface area contributed by atoms with Gasteiger partial charge in [-0.25, -0.2) is 4.98 Å². The number of hydrogen-bond acceptors (Lipinski definition) is 3. The molecule has 1 aliphatic heterocycles. The van der Waals surface area contributed by atoms with Crippen LogP contribution in [0.5, 0.6) is 0 Å². The maximum absolute atomic E-state index is 6.38. The van der Waals surface area contributed by atoms with E-state index in [4.69, 9.17) is 5.73 Å². The number of anilines is 1. The van der Waals surface area contributed by atoms with Crippen LogP contribution < -0.4 is 5.73 Å². The number of aromatic nitrogens is 2. The molecule has 2 N–H and O–H groups in total. The lowest BCUT2D eigenvalue weighted by atomic mass is 9.81. The number of rotatable bonds is 5. The SMILES string of the molecule is C=C/C=C(\C=C)N1C=Cc2ccc(-c3cn(C4CC(C)C4)c4ccnc(N)c34)cc2C1=C. The Labute approximate surface area is 189 Å². The van der Waals surface area contributed by atoms with Gasteiger partial charge >= 0.3 is 0 Å². The van der Waals surface area contributed by atoms with Gasteiger partial charge in [-0.3, -0.25) is 0 Å². The van der Waals surface area contributed by atoms with Crippen molar-refractivity contribution in [2.45, 2.75) is 25.8 Å². The third kappa shape index (κ3) is 3.11. The number of allylic oxidation sites excluding steroid dienone is 3. The third-order valence-corrected chi connectivity index (χ3v) is 6.66. The Balaban J connectivity index is 1.63. The van der Waals surface area contributed by atoms with Gasteiger partial charge in [0.1, 0.15) is 5.82 Å². The van der Waals surface area contributed by atoms with Crippen molar-refractivity contribution in [2.75, 3.05) is 5.73 Å². The van der Waals surface area contributed by atoms with Crippen LogP contribution in [0.15, 0.2) is 86.5 Å². The molecule has 1 aliphatic carbocycles. The summed E-state index contributed by atoms with van der Waals surface area (Å²) in [4.78, 5) is 6.43. The normalized spacial score (nSPS) is 20.2. The molecule has 1 saturated carbocycles. The van der Waals surface area contributed by atoms with Crippen LogP contribution in [-0.2, 0) is 0 Å². The fraction of sp³-hybridized carbons (Fsp3) is 0.179. The molecule has 2 aliphatic rings. The zero-order valence-electron chi connectivity index (χ0n) is 18.5. The molecule has 1 fully saturated rings. The number of nitrogens with two attached hydrogens (primary N) is 1. The summed E-state index contributed by atoms with van der Waals surface area (Å²) in [6.45, 7) is 14.4. The first-order valence-corrected chi connectivity index (χ1v) is 11.0. The maximum atomic E-state index is 6.38. The smallest absolute Gasteiger partial charge is 0.133 e. The van der Waals surface area contributed by atoms with Gasteiger partial charge in [0.2, 0.25) is 0 Å². The summed E-state index contributed by atoms with van der Waals surface area (Å²) < 4.78 is 2.39. The van der Waals surface area contributed by atoms with Crippen molar-refractivity contribution in [1.29, 1.82) is 0 Å². The average molecular weight is 421 g/mol. The first-order chi connectivity index (χ1) is 15.5. The van der Waals surface area contributed by atoms with Gasteiger partial charge in [-0.1, -0.05) is 44.9 Å². The Morgan fingerprint density at radius 2 is 2.00 bits per heavy atom. The molecule has 2 aromatic heterocycles. The number of hydrogen-bond donors (Lipinski definition) is 1. The summed E-state index contributed by atoms with van der Waals surface area (Å²) in [6.07, 6.45) is 16.1. The van der Waals surface area contributed by atoms with Gasteiger partial charge in [-0.15, -0.1) is 0 Å². The molecule has 0 atom stereocenters. The van der Waals surface area contributed by atoms with Gasteiger partial charge in [0.05, 0.1) is 5.52 Å². The van der Waals surface area contributed by atoms with Crippen molar-refractivity contribution in [2.24, 2.45) is 5.92 Å². The first-order valence-electron chi connectivity index (χ1n) is 11.0. The van der Waals surface area contributed by atoms with Gasteiger partial charge in [0.15, 0.2) is 0 Å². The Morgan fingerprint density at radius 3 is 2.72 bits per heavy atom. The van der Waals surface area contributed by atoms with E-state index in [0.717, 1.165) is 50.5 Å². The minimum absolute atomic E-state index is 0.522. The van der Waals surface area contributed by atoms with Crippen molar-refractivity contribution in [3.05, 3.63) is 97.6 Å². The number of fused-ring (bicyclic) bond motifs is 2. The van der Waals surface area contributed by atoms with Gasteiger partial charge in [0, 0.05) is 52.5 Å². The van der Waals surface area contributed by atoms with Crippen LogP contribution >= 0.6 is 0 Å². The monoisotopic (exact) mass is 420 g/mol. The summed E-state index contributed by atoms with van der Waals surface area (Å²) >= 11 is 0. The van der Waals surface area contributed by atoms with E-state index >= 15 is 0 Å². The van der Waals surface area contributed by atoms with Crippen LogP contribution in [0.2, 0.25) is 0 Å². The fourth-order valence-electron chi connectivity index (χ4n) is 4.94. The Bertz CT molecular complexity index is 1310. The van der Waals surface area contributed by atoms with Gasteiger partial charge in [-0.2, -0.15) is 0 Å². The fourth-order valence-corrected chi connectivity index (χ4v) is 4.94. The lowest BCUT2D eigenvalue weighted by Gasteiger charge is -2.34. The van der Waals surface area contributed by atoms with E-state index in [0.29, 0.717) is 11.9 Å². The van der Waals surface area contributed by atoms with E-state index in [1.807, 2.05) is 23.3 Å². The molecule has 0 bridgehead atoms. The molecule has 0 unspecified atom stereocenters. The summed E-state index contributed by atoms with van der Waals surface area (Å²) in [7, 11) is 0. The second-order valence-electron chi connectivity index (χ2n) is 8.74. The largest absolute Gasteiger partial charge is 0.383 e. The summed E-state index contributed by atoms with van der Waals surface area (Å²) in [5, 5.41) is 1.03. The van der Waals surface area contributed by atoms with Gasteiger partial charge in [-0.05, 0) is 60.2 Å². The maximum Gasteiger partial charge on any atom is 0.133 e. The standard InChI is InChI=1S/C28H28N4/c1-5-7-22(6-2)31-13-11-20-8-9-21(16-24(20)19(31)4)25-17-32(23-14-18(3)15-23)26-10-12-30-28(29)27(25)26/h5-13,16-18,23H,1-2,4,14-15H2,3H3,(H2,29,30)/b22-7+. The zero-order chi connectivity index (χ0) is 22.4. The van der Waals surface area contributed by atoms with E-state index in [1.54, 1.807) is 12.3 Å². The van der Waals surface area contributed by atoms with Crippen molar-refractivity contribution in [3.63, 3.8) is 0 Å². The lowest BCUT2D eigenvalue weighted by molar-refractivity contribution is 0.221. The van der Waals surface area contributed by atoms with Crippen LogP contribution in [0.25, 0.3) is 33.8 Å². The first kappa shape index (κ1) is 20.1. The van der Waals surface area contributed by atoms with E-state index in [9.17, 15) is 0 Å². The molecule has 5 rings (SSSR count). The van der Waals surface area contributed by atoms with Crippen LogP contribution in [0.4, 0.5) is 5.82 Å². The van der Waals surface area contributed by atoms with Crippen molar-refractivity contribution >= 4 is 28.5 Å². The average Bonchev–Trinajstić information content (AvgIpc) is 3.16. The number of nitrogen functional groups attached to an aromatic ring is 1. The van der Waals surface area contributed by atoms with Crippen LogP contribution in [0.3, 0.4) is 0 Å². The highest BCUT2D eigenvalue weighted by Gasteiger charge is 2.29. The predicted octanol–water partition coefficient (Wildman–Crippen LogP) is 6.77. The number of pyridine rings is 1. The molecule has 160 valence electrons. The lowest BCUT2D eigenvalue weighted by Crippen LogP contribution is -2.23. The molecule has 32 heavy (non-hydrogen) atoms. The minimum atomic E-state index is 0.522. The van der Waals surface area contributed by atoms with E-state index in [1.165, 1.54) is 12.8 Å². The zero-order valence-corrected chi connectivity index (χ0v) is 18.5. The predicted molar refractivity (Wildman–Crippen MR) is 135 cm³/mol. The molecule has 1 aromatic carbocycles. The van der Waals surface area contributed by atoms with Crippen LogP contribution in [-0.4, -0.2) is 14.5 Å². The summed E-state index contributed by atoms with van der Waals surface area (Å²) in [5.74, 6) is 1.34. The van der Waals surface area contributed by atoms with Crippen molar-refractivity contribution in [1.82, 2.24) is 14.5 Å². The molecular weight excluding hydrogens is 392 g/mol. The van der Waals surface area contributed by atoms with Crippen LogP contribution in [0.1, 0.15) is 36.9 Å². The van der Waals surface area contributed by atoms with E-state index in [-0.39, 0.29) is 0 Å². The molecule has 3 aromatic rings. The van der Waals surface area contributed by atoms with Gasteiger partial charge in [0.25, 0.3) is 0 Å². The second kappa shape index (κ2) is 7.72.